The van der Waals surface area contributed by atoms with Crippen molar-refractivity contribution in [3.05, 3.63) is 18.2 Å². The molecule has 6 heteroatoms. The molecule has 1 aromatic heterocycles. The van der Waals surface area contributed by atoms with Crippen LogP contribution >= 0.6 is 0 Å². The molecule has 1 atom stereocenters. The lowest BCUT2D eigenvalue weighted by atomic mass is 10.1. The highest BCUT2D eigenvalue weighted by atomic mass is 16.2. The van der Waals surface area contributed by atoms with Crippen LogP contribution in [0.4, 0.5) is 0 Å². The van der Waals surface area contributed by atoms with Crippen LogP contribution in [-0.2, 0) is 16.6 Å². The summed E-state index contributed by atoms with van der Waals surface area (Å²) in [5, 5.41) is 3.07. The number of carbonyl (C=O) groups is 2. The van der Waals surface area contributed by atoms with Crippen LogP contribution in [0.15, 0.2) is 12.4 Å². The molecule has 2 rings (SSSR count). The molecule has 1 aliphatic rings. The Morgan fingerprint density at radius 2 is 2.22 bits per heavy atom. The lowest BCUT2D eigenvalue weighted by Crippen LogP contribution is -2.36. The third-order valence-electron chi connectivity index (χ3n) is 4.36. The Morgan fingerprint density at radius 3 is 2.91 bits per heavy atom. The number of rotatable bonds is 7. The predicted molar refractivity (Wildman–Crippen MR) is 88.7 cm³/mol. The zero-order chi connectivity index (χ0) is 16.7. The van der Waals surface area contributed by atoms with Gasteiger partial charge in [0.2, 0.25) is 11.8 Å². The molecule has 0 unspecified atom stereocenters. The number of likely N-dealkylation sites (tertiary alicyclic amines) is 1. The molecule has 128 valence electrons. The highest BCUT2D eigenvalue weighted by Gasteiger charge is 2.20. The van der Waals surface area contributed by atoms with Crippen molar-refractivity contribution in [1.82, 2.24) is 19.8 Å². The molecule has 1 saturated heterocycles. The van der Waals surface area contributed by atoms with Crippen LogP contribution < -0.4 is 5.32 Å². The first-order valence-electron chi connectivity index (χ1n) is 8.66. The highest BCUT2D eigenvalue weighted by molar-refractivity contribution is 5.79. The van der Waals surface area contributed by atoms with Crippen LogP contribution in [0.2, 0.25) is 0 Å². The molecule has 1 aliphatic heterocycles. The van der Waals surface area contributed by atoms with Gasteiger partial charge in [0.05, 0.1) is 6.04 Å². The first-order chi connectivity index (χ1) is 11.1. The number of hydrogen-bond acceptors (Lipinski definition) is 3. The molecule has 0 spiro atoms. The lowest BCUT2D eigenvalue weighted by molar-refractivity contribution is -0.131. The van der Waals surface area contributed by atoms with Gasteiger partial charge >= 0.3 is 0 Å². The summed E-state index contributed by atoms with van der Waals surface area (Å²) in [6, 6.07) is -0.0627. The Hall–Kier alpha value is -1.85. The summed E-state index contributed by atoms with van der Waals surface area (Å²) in [6.07, 6.45) is 9.57. The number of aromatic nitrogens is 2. The molecule has 1 fully saturated rings. The molecule has 23 heavy (non-hydrogen) atoms. The lowest BCUT2D eigenvalue weighted by Gasteiger charge is -2.22. The van der Waals surface area contributed by atoms with Crippen molar-refractivity contribution in [1.29, 1.82) is 0 Å². The van der Waals surface area contributed by atoms with E-state index in [1.54, 1.807) is 6.20 Å². The minimum absolute atomic E-state index is 0.0107. The van der Waals surface area contributed by atoms with E-state index in [9.17, 15) is 9.59 Å². The Labute approximate surface area is 138 Å². The number of amides is 2. The standard InChI is InChI=1S/C17H28N4O2/c1-3-7-14(17-18-10-13-20(17)2)19-15(22)9-12-21-11-6-4-5-8-16(21)23/h10,13-14H,3-9,11-12H2,1-2H3,(H,19,22)/t14-/m1/s1. The van der Waals surface area contributed by atoms with E-state index < -0.39 is 0 Å². The van der Waals surface area contributed by atoms with Gasteiger partial charge in [-0.25, -0.2) is 4.98 Å². The summed E-state index contributed by atoms with van der Waals surface area (Å²) >= 11 is 0. The number of carbonyl (C=O) groups excluding carboxylic acids is 2. The second-order valence-electron chi connectivity index (χ2n) is 6.25. The highest BCUT2D eigenvalue weighted by Crippen LogP contribution is 2.16. The normalized spacial score (nSPS) is 17.0. The second-order valence-corrected chi connectivity index (χ2v) is 6.25. The van der Waals surface area contributed by atoms with E-state index >= 15 is 0 Å². The van der Waals surface area contributed by atoms with E-state index in [2.05, 4.69) is 17.2 Å². The molecule has 0 bridgehead atoms. The zero-order valence-electron chi connectivity index (χ0n) is 14.3. The molecule has 0 saturated carbocycles. The van der Waals surface area contributed by atoms with Gasteiger partial charge in [-0.1, -0.05) is 19.8 Å². The minimum atomic E-state index is -0.0627. The monoisotopic (exact) mass is 320 g/mol. The van der Waals surface area contributed by atoms with Gasteiger partial charge in [-0.15, -0.1) is 0 Å². The average Bonchev–Trinajstić information content (AvgIpc) is 2.84. The van der Waals surface area contributed by atoms with Gasteiger partial charge in [0.25, 0.3) is 0 Å². The summed E-state index contributed by atoms with van der Waals surface area (Å²) in [5.41, 5.74) is 0. The summed E-state index contributed by atoms with van der Waals surface area (Å²) in [5.74, 6) is 1.05. The maximum atomic E-state index is 12.3. The van der Waals surface area contributed by atoms with Crippen molar-refractivity contribution < 1.29 is 9.59 Å². The summed E-state index contributed by atoms with van der Waals surface area (Å²) in [4.78, 5) is 30.4. The molecule has 2 heterocycles. The number of hydrogen-bond donors (Lipinski definition) is 1. The van der Waals surface area contributed by atoms with Crippen LogP contribution in [0.1, 0.15) is 63.7 Å². The van der Waals surface area contributed by atoms with Crippen molar-refractivity contribution in [3.63, 3.8) is 0 Å². The first-order valence-corrected chi connectivity index (χ1v) is 8.66. The van der Waals surface area contributed by atoms with E-state index in [0.717, 1.165) is 44.5 Å². The smallest absolute Gasteiger partial charge is 0.222 e. The molecular weight excluding hydrogens is 292 g/mol. The van der Waals surface area contributed by atoms with Gasteiger partial charge in [0.1, 0.15) is 5.82 Å². The SMILES string of the molecule is CCC[C@@H](NC(=O)CCN1CCCCCC1=O)c1nccn1C. The third-order valence-corrected chi connectivity index (χ3v) is 4.36. The van der Waals surface area contributed by atoms with E-state index in [0.29, 0.717) is 19.4 Å². The van der Waals surface area contributed by atoms with Gasteiger partial charge in [0.15, 0.2) is 0 Å². The second kappa shape index (κ2) is 8.70. The van der Waals surface area contributed by atoms with Crippen molar-refractivity contribution in [2.75, 3.05) is 13.1 Å². The molecule has 6 nitrogen and oxygen atoms in total. The fourth-order valence-corrected chi connectivity index (χ4v) is 3.05. The molecular formula is C17H28N4O2. The Bertz CT molecular complexity index is 526. The molecule has 0 aromatic carbocycles. The maximum absolute atomic E-state index is 12.3. The first kappa shape index (κ1) is 17.5. The van der Waals surface area contributed by atoms with Gasteiger partial charge in [-0.3, -0.25) is 9.59 Å². The number of imidazole rings is 1. The van der Waals surface area contributed by atoms with Crippen molar-refractivity contribution in [3.8, 4) is 0 Å². The minimum Gasteiger partial charge on any atom is -0.346 e. The van der Waals surface area contributed by atoms with E-state index in [-0.39, 0.29) is 17.9 Å². The van der Waals surface area contributed by atoms with Crippen molar-refractivity contribution in [2.45, 2.75) is 57.9 Å². The van der Waals surface area contributed by atoms with Crippen LogP contribution in [0, 0.1) is 0 Å². The summed E-state index contributed by atoms with van der Waals surface area (Å²) in [7, 11) is 1.94. The van der Waals surface area contributed by atoms with Gasteiger partial charge < -0.3 is 14.8 Å². The molecule has 0 aliphatic carbocycles. The van der Waals surface area contributed by atoms with Gasteiger partial charge in [-0.2, -0.15) is 0 Å². The molecule has 2 amide bonds. The average molecular weight is 320 g/mol. The Morgan fingerprint density at radius 1 is 1.39 bits per heavy atom. The van der Waals surface area contributed by atoms with Crippen LogP contribution in [-0.4, -0.2) is 39.4 Å². The third kappa shape index (κ3) is 5.08. The number of aryl methyl sites for hydroxylation is 1. The van der Waals surface area contributed by atoms with Crippen molar-refractivity contribution >= 4 is 11.8 Å². The number of nitrogens with zero attached hydrogens (tertiary/aromatic N) is 3. The van der Waals surface area contributed by atoms with Crippen LogP contribution in [0.25, 0.3) is 0 Å². The van der Waals surface area contributed by atoms with E-state index in [4.69, 9.17) is 0 Å². The Kier molecular flexibility index (Phi) is 6.62. The Balaban J connectivity index is 1.86. The number of nitrogens with one attached hydrogen (secondary N) is 1. The zero-order valence-corrected chi connectivity index (χ0v) is 14.3. The largest absolute Gasteiger partial charge is 0.346 e. The summed E-state index contributed by atoms with van der Waals surface area (Å²) < 4.78 is 1.94. The predicted octanol–water partition coefficient (Wildman–Crippen LogP) is 2.17. The fourth-order valence-electron chi connectivity index (χ4n) is 3.05. The topological polar surface area (TPSA) is 67.2 Å². The molecule has 1 aromatic rings. The molecule has 1 N–H and O–H groups in total. The summed E-state index contributed by atoms with van der Waals surface area (Å²) in [6.45, 7) is 3.39. The van der Waals surface area contributed by atoms with E-state index in [1.807, 2.05) is 22.7 Å². The van der Waals surface area contributed by atoms with Gasteiger partial charge in [0, 0.05) is 45.4 Å². The molecule has 0 radical (unpaired) electrons. The quantitative estimate of drug-likeness (QED) is 0.837. The fraction of sp³-hybridized carbons (Fsp3) is 0.706. The van der Waals surface area contributed by atoms with Crippen molar-refractivity contribution in [2.24, 2.45) is 7.05 Å². The van der Waals surface area contributed by atoms with E-state index in [1.165, 1.54) is 0 Å². The van der Waals surface area contributed by atoms with Crippen LogP contribution in [0.3, 0.4) is 0 Å². The maximum Gasteiger partial charge on any atom is 0.222 e. The van der Waals surface area contributed by atoms with Crippen LogP contribution in [0.5, 0.6) is 0 Å². The van der Waals surface area contributed by atoms with Gasteiger partial charge in [-0.05, 0) is 19.3 Å².